The number of nitrogens with one attached hydrogen (secondary N) is 1. The third-order valence-electron chi connectivity index (χ3n) is 4.86. The van der Waals surface area contributed by atoms with E-state index < -0.39 is 17.7 Å². The van der Waals surface area contributed by atoms with E-state index in [0.29, 0.717) is 11.3 Å². The van der Waals surface area contributed by atoms with Crippen molar-refractivity contribution in [3.63, 3.8) is 0 Å². The molecule has 0 heterocycles. The van der Waals surface area contributed by atoms with Crippen LogP contribution in [0.2, 0.25) is 0 Å². The van der Waals surface area contributed by atoms with Crippen molar-refractivity contribution < 1.29 is 34.4 Å². The summed E-state index contributed by atoms with van der Waals surface area (Å²) in [5.74, 6) is -2.53. The Morgan fingerprint density at radius 3 is 1.92 bits per heavy atom. The summed E-state index contributed by atoms with van der Waals surface area (Å²) in [5.41, 5.74) is 1.69. The van der Waals surface area contributed by atoms with Gasteiger partial charge in [0.25, 0.3) is 5.91 Å². The Kier molecular flexibility index (Phi) is 8.77. The van der Waals surface area contributed by atoms with Gasteiger partial charge in [-0.3, -0.25) is 4.79 Å². The van der Waals surface area contributed by atoms with Gasteiger partial charge in [-0.2, -0.15) is 0 Å². The summed E-state index contributed by atoms with van der Waals surface area (Å²) >= 11 is 0. The lowest BCUT2D eigenvalue weighted by Gasteiger charge is -2.07. The maximum Gasteiger partial charge on any atom is 0.342 e. The highest BCUT2D eigenvalue weighted by atomic mass is 16.5. The van der Waals surface area contributed by atoms with Crippen molar-refractivity contribution in [1.82, 2.24) is 0 Å². The van der Waals surface area contributed by atoms with E-state index >= 15 is 0 Å². The number of ether oxygens (including phenoxy) is 1. The highest BCUT2D eigenvalue weighted by molar-refractivity contribution is 6.04. The molecule has 8 heteroatoms. The number of carbonyl (C=O) groups is 3. The molecule has 0 unspecified atom stereocenters. The largest absolute Gasteiger partial charge is 0.507 e. The summed E-state index contributed by atoms with van der Waals surface area (Å²) in [6.45, 7) is 0.202. The average Bonchev–Trinajstić information content (AvgIpc) is 2.89. The molecule has 0 fully saturated rings. The molecule has 182 valence electrons. The van der Waals surface area contributed by atoms with Crippen molar-refractivity contribution in [3.8, 4) is 11.5 Å². The molecule has 0 aliphatic rings. The number of aromatic carboxylic acids is 1. The predicted molar refractivity (Wildman–Crippen MR) is 133 cm³/mol. The molecule has 0 spiro atoms. The second-order valence-electron chi connectivity index (χ2n) is 7.44. The van der Waals surface area contributed by atoms with Gasteiger partial charge in [0.1, 0.15) is 29.2 Å². The number of rotatable bonds is 6. The van der Waals surface area contributed by atoms with Crippen LogP contribution in [0.4, 0.5) is 5.69 Å². The number of esters is 1. The minimum Gasteiger partial charge on any atom is -0.507 e. The van der Waals surface area contributed by atoms with Crippen LogP contribution in [0.25, 0.3) is 0 Å². The molecule has 4 aromatic carbocycles. The van der Waals surface area contributed by atoms with Gasteiger partial charge in [-0.15, -0.1) is 0 Å². The topological polar surface area (TPSA) is 133 Å². The van der Waals surface area contributed by atoms with Crippen LogP contribution in [0.15, 0.2) is 103 Å². The van der Waals surface area contributed by atoms with E-state index in [-0.39, 0.29) is 29.4 Å². The third-order valence-corrected chi connectivity index (χ3v) is 4.86. The molecule has 36 heavy (non-hydrogen) atoms. The van der Waals surface area contributed by atoms with Crippen LogP contribution in [-0.2, 0) is 11.3 Å². The molecule has 0 radical (unpaired) electrons. The van der Waals surface area contributed by atoms with Gasteiger partial charge in [0.05, 0.1) is 0 Å². The lowest BCUT2D eigenvalue weighted by atomic mass is 10.1. The lowest BCUT2D eigenvalue weighted by Crippen LogP contribution is -2.11. The van der Waals surface area contributed by atoms with Crippen molar-refractivity contribution in [3.05, 3.63) is 125 Å². The van der Waals surface area contributed by atoms with E-state index in [9.17, 15) is 24.6 Å². The number of phenols is 2. The van der Waals surface area contributed by atoms with Crippen LogP contribution in [0.5, 0.6) is 11.5 Å². The summed E-state index contributed by atoms with van der Waals surface area (Å²) < 4.78 is 5.10. The van der Waals surface area contributed by atoms with Crippen LogP contribution in [0.3, 0.4) is 0 Å². The maximum absolute atomic E-state index is 11.8. The second kappa shape index (κ2) is 12.4. The zero-order valence-corrected chi connectivity index (χ0v) is 19.0. The first-order chi connectivity index (χ1) is 17.3. The standard InChI is InChI=1S/C14H11NO4.C14H12O3/c16-12-8-10(6-7-11(12)14(18)19)15-13(17)9-4-2-1-3-5-9;15-13-9-5-4-8-12(13)14(16)17-10-11-6-2-1-3-7-11/h1-8,16H,(H,15,17)(H,18,19);1-9,15H,10H2. The molecular formula is C28H23NO7. The SMILES string of the molecule is O=C(Nc1ccc(C(=O)O)c(O)c1)c1ccccc1.O=C(OCc1ccccc1)c1ccccc1O. The quantitative estimate of drug-likeness (QED) is 0.280. The Morgan fingerprint density at radius 1 is 0.694 bits per heavy atom. The van der Waals surface area contributed by atoms with Gasteiger partial charge in [-0.05, 0) is 42.0 Å². The van der Waals surface area contributed by atoms with Gasteiger partial charge in [-0.25, -0.2) is 9.59 Å². The number of aromatic hydroxyl groups is 2. The van der Waals surface area contributed by atoms with Crippen molar-refractivity contribution in [1.29, 1.82) is 0 Å². The third kappa shape index (κ3) is 7.19. The molecule has 0 aliphatic carbocycles. The van der Waals surface area contributed by atoms with Crippen LogP contribution in [0, 0.1) is 0 Å². The van der Waals surface area contributed by atoms with E-state index in [0.717, 1.165) is 5.56 Å². The first kappa shape index (κ1) is 25.5. The van der Waals surface area contributed by atoms with Crippen molar-refractivity contribution in [2.75, 3.05) is 5.32 Å². The average molecular weight is 485 g/mol. The summed E-state index contributed by atoms with van der Waals surface area (Å²) in [4.78, 5) is 34.2. The molecule has 4 N–H and O–H groups in total. The summed E-state index contributed by atoms with van der Waals surface area (Å²) in [7, 11) is 0. The Labute approximate surface area is 207 Å². The summed E-state index contributed by atoms with van der Waals surface area (Å²) in [5, 5.41) is 30.3. The minimum absolute atomic E-state index is 0.0643. The summed E-state index contributed by atoms with van der Waals surface area (Å²) in [6.07, 6.45) is 0. The molecule has 0 aromatic heterocycles. The number of anilines is 1. The molecule has 0 bridgehead atoms. The zero-order valence-electron chi connectivity index (χ0n) is 19.0. The number of benzene rings is 4. The maximum atomic E-state index is 11.8. The van der Waals surface area contributed by atoms with Crippen LogP contribution in [-0.4, -0.2) is 33.2 Å². The first-order valence-corrected chi connectivity index (χ1v) is 10.8. The van der Waals surface area contributed by atoms with Crippen molar-refractivity contribution in [2.24, 2.45) is 0 Å². The minimum atomic E-state index is -1.22. The molecule has 4 aromatic rings. The highest BCUT2D eigenvalue weighted by Gasteiger charge is 2.12. The van der Waals surface area contributed by atoms with E-state index in [4.69, 9.17) is 9.84 Å². The smallest absolute Gasteiger partial charge is 0.342 e. The normalized spacial score (nSPS) is 9.89. The Bertz CT molecular complexity index is 1340. The van der Waals surface area contributed by atoms with Gasteiger partial charge < -0.3 is 25.4 Å². The number of hydrogen-bond donors (Lipinski definition) is 4. The van der Waals surface area contributed by atoms with E-state index in [1.54, 1.807) is 42.5 Å². The summed E-state index contributed by atoms with van der Waals surface area (Å²) in [6, 6.07) is 28.2. The highest BCUT2D eigenvalue weighted by Crippen LogP contribution is 2.22. The van der Waals surface area contributed by atoms with Gasteiger partial charge in [0.15, 0.2) is 0 Å². The number of carboxylic acids is 1. The van der Waals surface area contributed by atoms with Crippen LogP contribution in [0.1, 0.15) is 36.6 Å². The number of para-hydroxylation sites is 1. The lowest BCUT2D eigenvalue weighted by molar-refractivity contribution is 0.0469. The zero-order chi connectivity index (χ0) is 25.9. The van der Waals surface area contributed by atoms with Gasteiger partial charge in [0, 0.05) is 17.3 Å². The first-order valence-electron chi connectivity index (χ1n) is 10.8. The number of phenolic OH excluding ortho intramolecular Hbond substituents is 1. The fourth-order valence-electron chi connectivity index (χ4n) is 3.03. The number of amides is 1. The van der Waals surface area contributed by atoms with Crippen molar-refractivity contribution >= 4 is 23.5 Å². The van der Waals surface area contributed by atoms with Crippen molar-refractivity contribution in [2.45, 2.75) is 6.61 Å². The molecule has 1 amide bonds. The van der Waals surface area contributed by atoms with E-state index in [2.05, 4.69) is 5.32 Å². The monoisotopic (exact) mass is 485 g/mol. The van der Waals surface area contributed by atoms with Gasteiger partial charge in [0.2, 0.25) is 0 Å². The Hall–Kier alpha value is -5.11. The fourth-order valence-corrected chi connectivity index (χ4v) is 3.03. The fraction of sp³-hybridized carbons (Fsp3) is 0.0357. The number of carbonyl (C=O) groups excluding carboxylic acids is 2. The van der Waals surface area contributed by atoms with Gasteiger partial charge >= 0.3 is 11.9 Å². The van der Waals surface area contributed by atoms with E-state index in [1.165, 1.54) is 30.3 Å². The molecular weight excluding hydrogens is 462 g/mol. The molecule has 8 nitrogen and oxygen atoms in total. The second-order valence-corrected chi connectivity index (χ2v) is 7.44. The number of carboxylic acid groups (broad SMARTS) is 1. The molecule has 0 saturated heterocycles. The number of hydrogen-bond acceptors (Lipinski definition) is 6. The predicted octanol–water partition coefficient (Wildman–Crippen LogP) is 5.09. The molecule has 0 saturated carbocycles. The molecule has 0 atom stereocenters. The molecule has 4 rings (SSSR count). The Morgan fingerprint density at radius 2 is 1.31 bits per heavy atom. The molecule has 0 aliphatic heterocycles. The Balaban J connectivity index is 0.000000202. The van der Waals surface area contributed by atoms with E-state index in [1.807, 2.05) is 30.3 Å². The van der Waals surface area contributed by atoms with Crippen LogP contribution < -0.4 is 5.32 Å². The van der Waals surface area contributed by atoms with Crippen LogP contribution >= 0.6 is 0 Å². The van der Waals surface area contributed by atoms with Gasteiger partial charge in [-0.1, -0.05) is 60.7 Å².